The van der Waals surface area contributed by atoms with E-state index in [0.29, 0.717) is 5.82 Å². The molecule has 354 valence electrons. The molecule has 1 atom stereocenters. The SMILES string of the molecule is c1ccc(-c2nc(C3c4ccccc4-c4ccc5c(c43)C(c3ccccc3)(c3ccccc3)c3ccccc3-5)cc(-n3c4ccccc4c4ccc5c(c43)C(c3ccccc3)(c3ccccc3)c3ccccc3-5)n2)cc1. The molecule has 0 amide bonds. The van der Waals surface area contributed by atoms with Crippen LogP contribution in [-0.2, 0) is 10.8 Å². The van der Waals surface area contributed by atoms with Gasteiger partial charge in [-0.1, -0.05) is 267 Å². The Morgan fingerprint density at radius 2 is 0.803 bits per heavy atom. The van der Waals surface area contributed by atoms with Gasteiger partial charge in [0.1, 0.15) is 5.82 Å². The number of benzene rings is 11. The van der Waals surface area contributed by atoms with Crippen molar-refractivity contribution in [1.82, 2.24) is 14.5 Å². The molecule has 0 bridgehead atoms. The fourth-order valence-electron chi connectivity index (χ4n) is 14.2. The van der Waals surface area contributed by atoms with Crippen molar-refractivity contribution in [3.05, 3.63) is 340 Å². The van der Waals surface area contributed by atoms with Crippen molar-refractivity contribution in [3.63, 3.8) is 0 Å². The molecule has 2 heterocycles. The molecule has 3 aliphatic carbocycles. The molecular weight excluding hydrogens is 919 g/mol. The summed E-state index contributed by atoms with van der Waals surface area (Å²) in [6.07, 6.45) is 0. The minimum Gasteiger partial charge on any atom is -0.293 e. The van der Waals surface area contributed by atoms with Crippen LogP contribution in [0.25, 0.3) is 72.4 Å². The van der Waals surface area contributed by atoms with E-state index >= 15 is 0 Å². The topological polar surface area (TPSA) is 30.7 Å². The molecule has 3 aliphatic rings. The molecule has 0 saturated heterocycles. The Kier molecular flexibility index (Phi) is 9.23. The summed E-state index contributed by atoms with van der Waals surface area (Å²) in [6, 6.07) is 103. The van der Waals surface area contributed by atoms with Gasteiger partial charge < -0.3 is 0 Å². The van der Waals surface area contributed by atoms with E-state index in [9.17, 15) is 0 Å². The highest BCUT2D eigenvalue weighted by atomic mass is 15.1. The highest BCUT2D eigenvalue weighted by Crippen LogP contribution is 2.63. The first-order chi connectivity index (χ1) is 37.7. The van der Waals surface area contributed by atoms with E-state index in [1.165, 1.54) is 99.8 Å². The molecule has 0 radical (unpaired) electrons. The van der Waals surface area contributed by atoms with Crippen LogP contribution in [0.5, 0.6) is 0 Å². The maximum atomic E-state index is 5.83. The summed E-state index contributed by atoms with van der Waals surface area (Å²) in [5.41, 5.74) is 22.9. The van der Waals surface area contributed by atoms with E-state index in [2.05, 4.69) is 284 Å². The Hall–Kier alpha value is -9.70. The Morgan fingerprint density at radius 1 is 0.342 bits per heavy atom. The van der Waals surface area contributed by atoms with Gasteiger partial charge in [-0.3, -0.25) is 4.57 Å². The second-order valence-corrected chi connectivity index (χ2v) is 20.6. The van der Waals surface area contributed by atoms with Gasteiger partial charge >= 0.3 is 0 Å². The van der Waals surface area contributed by atoms with Crippen LogP contribution in [0.2, 0.25) is 0 Å². The average molecular weight is 966 g/mol. The van der Waals surface area contributed by atoms with Gasteiger partial charge in [0, 0.05) is 28.0 Å². The van der Waals surface area contributed by atoms with Gasteiger partial charge in [-0.2, -0.15) is 0 Å². The van der Waals surface area contributed by atoms with Gasteiger partial charge in [0.2, 0.25) is 0 Å². The standard InChI is InChI=1S/C73H47N3/c1-6-24-47(25-7-1)71-74-63(66-56-38-17-16-34-52(56)57-42-43-58-53-35-18-21-39-61(53)72(68(58)67(57)66,48-26-8-2-9-27-48)49-28-10-3-11-29-49)46-65(75-71)76-64-41-23-20-37-55(64)60-45-44-59-54-36-19-22-40-62(54)73(69(59)70(60)76,50-30-12-4-13-31-50)51-32-14-5-15-33-51/h1-46,66H. The lowest BCUT2D eigenvalue weighted by atomic mass is 9.65. The zero-order chi connectivity index (χ0) is 50.0. The number of hydrogen-bond donors (Lipinski definition) is 0. The van der Waals surface area contributed by atoms with E-state index in [1.807, 2.05) is 0 Å². The van der Waals surface area contributed by atoms with Crippen molar-refractivity contribution in [2.75, 3.05) is 0 Å². The van der Waals surface area contributed by atoms with E-state index in [4.69, 9.17) is 9.97 Å². The van der Waals surface area contributed by atoms with Crippen LogP contribution in [0.1, 0.15) is 67.2 Å². The Balaban J connectivity index is 1.05. The van der Waals surface area contributed by atoms with Crippen LogP contribution in [0, 0.1) is 0 Å². The third-order valence-corrected chi connectivity index (χ3v) is 17.0. The van der Waals surface area contributed by atoms with Crippen molar-refractivity contribution in [2.45, 2.75) is 16.7 Å². The van der Waals surface area contributed by atoms with Crippen LogP contribution in [0.4, 0.5) is 0 Å². The summed E-state index contributed by atoms with van der Waals surface area (Å²) < 4.78 is 2.49. The Bertz CT molecular complexity index is 4370. The van der Waals surface area contributed by atoms with Crippen molar-refractivity contribution in [3.8, 4) is 50.6 Å². The number of nitrogens with zero attached hydrogens (tertiary/aromatic N) is 3. The summed E-state index contributed by atoms with van der Waals surface area (Å²) in [5.74, 6) is 1.27. The average Bonchev–Trinajstić information content (AvgIpc) is 4.31. The molecule has 0 fully saturated rings. The molecule has 0 saturated carbocycles. The second-order valence-electron chi connectivity index (χ2n) is 20.6. The second kappa shape index (κ2) is 16.4. The largest absolute Gasteiger partial charge is 0.293 e. The van der Waals surface area contributed by atoms with Gasteiger partial charge in [0.05, 0.1) is 33.5 Å². The number of para-hydroxylation sites is 1. The Morgan fingerprint density at radius 3 is 1.41 bits per heavy atom. The van der Waals surface area contributed by atoms with E-state index in [1.54, 1.807) is 0 Å². The lowest BCUT2D eigenvalue weighted by Crippen LogP contribution is -2.30. The zero-order valence-electron chi connectivity index (χ0n) is 41.5. The summed E-state index contributed by atoms with van der Waals surface area (Å²) >= 11 is 0. The summed E-state index contributed by atoms with van der Waals surface area (Å²) in [6.45, 7) is 0. The van der Waals surface area contributed by atoms with Gasteiger partial charge in [0.15, 0.2) is 5.82 Å². The molecule has 0 N–H and O–H groups in total. The van der Waals surface area contributed by atoms with Gasteiger partial charge in [0.25, 0.3) is 0 Å². The lowest BCUT2D eigenvalue weighted by Gasteiger charge is -2.36. The van der Waals surface area contributed by atoms with E-state index in [0.717, 1.165) is 28.1 Å². The molecule has 0 aliphatic heterocycles. The van der Waals surface area contributed by atoms with Gasteiger partial charge in [-0.05, 0) is 89.5 Å². The third kappa shape index (κ3) is 5.72. The predicted octanol–water partition coefficient (Wildman–Crippen LogP) is 17.1. The number of aromatic nitrogens is 3. The first-order valence-electron chi connectivity index (χ1n) is 26.4. The normalized spacial score (nSPS) is 14.9. The molecule has 13 aromatic rings. The van der Waals surface area contributed by atoms with Crippen molar-refractivity contribution in [1.29, 1.82) is 0 Å². The molecule has 76 heavy (non-hydrogen) atoms. The number of rotatable bonds is 7. The minimum atomic E-state index is -0.657. The molecule has 0 spiro atoms. The van der Waals surface area contributed by atoms with Crippen LogP contribution in [0.15, 0.2) is 279 Å². The van der Waals surface area contributed by atoms with Crippen molar-refractivity contribution >= 4 is 21.8 Å². The fourth-order valence-corrected chi connectivity index (χ4v) is 14.2. The molecule has 3 heteroatoms. The van der Waals surface area contributed by atoms with Crippen LogP contribution >= 0.6 is 0 Å². The molecule has 11 aromatic carbocycles. The fraction of sp³-hybridized carbons (Fsp3) is 0.0411. The lowest BCUT2D eigenvalue weighted by molar-refractivity contribution is 0.749. The third-order valence-electron chi connectivity index (χ3n) is 17.0. The van der Waals surface area contributed by atoms with Crippen LogP contribution in [0.3, 0.4) is 0 Å². The first-order valence-corrected chi connectivity index (χ1v) is 26.4. The minimum absolute atomic E-state index is 0.248. The zero-order valence-corrected chi connectivity index (χ0v) is 41.5. The summed E-state index contributed by atoms with van der Waals surface area (Å²) in [5, 5.41) is 2.36. The first kappa shape index (κ1) is 42.8. The molecule has 2 aromatic heterocycles. The van der Waals surface area contributed by atoms with Crippen molar-refractivity contribution in [2.24, 2.45) is 0 Å². The van der Waals surface area contributed by atoms with Gasteiger partial charge in [-0.25, -0.2) is 9.97 Å². The number of fused-ring (bicyclic) bond motifs is 14. The maximum Gasteiger partial charge on any atom is 0.161 e. The highest BCUT2D eigenvalue weighted by Gasteiger charge is 2.51. The molecule has 3 nitrogen and oxygen atoms in total. The smallest absolute Gasteiger partial charge is 0.161 e. The molecule has 1 unspecified atom stereocenters. The molecule has 16 rings (SSSR count). The Labute approximate surface area is 441 Å². The van der Waals surface area contributed by atoms with Crippen LogP contribution in [-0.4, -0.2) is 14.5 Å². The molecular formula is C73H47N3. The van der Waals surface area contributed by atoms with Crippen molar-refractivity contribution < 1.29 is 0 Å². The predicted molar refractivity (Wildman–Crippen MR) is 309 cm³/mol. The quantitative estimate of drug-likeness (QED) is 0.159. The highest BCUT2D eigenvalue weighted by molar-refractivity contribution is 6.14. The summed E-state index contributed by atoms with van der Waals surface area (Å²) in [7, 11) is 0. The number of hydrogen-bond acceptors (Lipinski definition) is 2. The van der Waals surface area contributed by atoms with Crippen LogP contribution < -0.4 is 0 Å². The maximum absolute atomic E-state index is 5.83. The monoisotopic (exact) mass is 965 g/mol. The summed E-state index contributed by atoms with van der Waals surface area (Å²) in [4.78, 5) is 11.6. The van der Waals surface area contributed by atoms with E-state index < -0.39 is 10.8 Å². The van der Waals surface area contributed by atoms with Gasteiger partial charge in [-0.15, -0.1) is 0 Å². The van der Waals surface area contributed by atoms with E-state index in [-0.39, 0.29) is 5.92 Å².